The Hall–Kier alpha value is -1.20. The van der Waals surface area contributed by atoms with E-state index in [9.17, 15) is 0 Å². The van der Waals surface area contributed by atoms with Crippen LogP contribution in [0, 0.1) is 0 Å². The van der Waals surface area contributed by atoms with E-state index in [-0.39, 0.29) is 0 Å². The molecule has 0 aromatic carbocycles. The second kappa shape index (κ2) is 4.58. The van der Waals surface area contributed by atoms with Crippen LogP contribution in [0.3, 0.4) is 0 Å². The molecule has 3 rings (SSSR count). The van der Waals surface area contributed by atoms with Crippen LogP contribution in [0.5, 0.6) is 0 Å². The predicted molar refractivity (Wildman–Crippen MR) is 68.2 cm³/mol. The maximum Gasteiger partial charge on any atom is 0.156 e. The monoisotopic (exact) mass is 248 g/mol. The summed E-state index contributed by atoms with van der Waals surface area (Å²) in [6, 6.07) is 4.55. The van der Waals surface area contributed by atoms with Crippen LogP contribution in [0.4, 0.5) is 0 Å². The van der Waals surface area contributed by atoms with E-state index >= 15 is 0 Å². The number of nitrogens with two attached hydrogens (primary N) is 1. The Labute approximate surface area is 104 Å². The normalized spacial score (nSPS) is 19.2. The summed E-state index contributed by atoms with van der Waals surface area (Å²) < 4.78 is 2.05. The zero-order valence-electron chi connectivity index (χ0n) is 9.67. The van der Waals surface area contributed by atoms with Gasteiger partial charge in [-0.1, -0.05) is 6.07 Å². The predicted octanol–water partition coefficient (Wildman–Crippen LogP) is 1.77. The van der Waals surface area contributed by atoms with Gasteiger partial charge in [-0.3, -0.25) is 0 Å². The van der Waals surface area contributed by atoms with Gasteiger partial charge in [0.2, 0.25) is 0 Å². The first-order valence-electron chi connectivity index (χ1n) is 6.03. The van der Waals surface area contributed by atoms with Crippen LogP contribution in [0.2, 0.25) is 0 Å². The number of hydrogen-bond donors (Lipinski definition) is 1. The largest absolute Gasteiger partial charge is 0.328 e. The Morgan fingerprint density at radius 3 is 3.24 bits per heavy atom. The molecule has 0 saturated carbocycles. The van der Waals surface area contributed by atoms with Gasteiger partial charge in [0.05, 0.1) is 6.04 Å². The molecule has 0 spiro atoms. The van der Waals surface area contributed by atoms with Crippen molar-refractivity contribution in [3.63, 3.8) is 0 Å². The molecule has 90 valence electrons. The second-order valence-corrected chi connectivity index (χ2v) is 5.46. The van der Waals surface area contributed by atoms with E-state index in [1.54, 1.807) is 11.3 Å². The highest BCUT2D eigenvalue weighted by molar-refractivity contribution is 7.09. The molecule has 1 aliphatic rings. The number of rotatable bonds is 3. The van der Waals surface area contributed by atoms with Crippen LogP contribution in [0.1, 0.15) is 35.4 Å². The zero-order valence-corrected chi connectivity index (χ0v) is 10.5. The van der Waals surface area contributed by atoms with E-state index in [1.807, 2.05) is 4.68 Å². The highest BCUT2D eigenvalue weighted by atomic mass is 32.1. The summed E-state index contributed by atoms with van der Waals surface area (Å²) in [5.74, 6) is 2.04. The quantitative estimate of drug-likeness (QED) is 0.900. The molecule has 0 saturated heterocycles. The van der Waals surface area contributed by atoms with E-state index in [0.717, 1.165) is 30.9 Å². The summed E-state index contributed by atoms with van der Waals surface area (Å²) in [5.41, 5.74) is 5.78. The van der Waals surface area contributed by atoms with Gasteiger partial charge in [0.15, 0.2) is 5.82 Å². The van der Waals surface area contributed by atoms with Crippen LogP contribution >= 0.6 is 11.3 Å². The molecule has 0 fully saturated rings. The van der Waals surface area contributed by atoms with Crippen molar-refractivity contribution in [1.29, 1.82) is 0 Å². The standard InChI is InChI=1S/C12H16N4S/c13-8-9-3-1-5-12-14-11(15-16(9)12)7-10-4-2-6-17-10/h2,4,6,9H,1,3,5,7-8,13H2. The van der Waals surface area contributed by atoms with Crippen LogP contribution in [0.25, 0.3) is 0 Å². The second-order valence-electron chi connectivity index (χ2n) is 4.43. The summed E-state index contributed by atoms with van der Waals surface area (Å²) in [5, 5.41) is 6.70. The van der Waals surface area contributed by atoms with Gasteiger partial charge in [-0.05, 0) is 24.3 Å². The number of aromatic nitrogens is 3. The molecule has 3 heterocycles. The number of fused-ring (bicyclic) bond motifs is 1. The smallest absolute Gasteiger partial charge is 0.156 e. The Morgan fingerprint density at radius 1 is 1.53 bits per heavy atom. The molecule has 17 heavy (non-hydrogen) atoms. The minimum absolute atomic E-state index is 0.350. The molecular formula is C12H16N4S. The molecule has 2 aromatic heterocycles. The Morgan fingerprint density at radius 2 is 2.47 bits per heavy atom. The molecule has 0 amide bonds. The number of thiophene rings is 1. The van der Waals surface area contributed by atoms with Crippen molar-refractivity contribution in [3.05, 3.63) is 34.0 Å². The van der Waals surface area contributed by atoms with Crippen LogP contribution in [-0.2, 0) is 12.8 Å². The molecule has 4 nitrogen and oxygen atoms in total. The van der Waals surface area contributed by atoms with Gasteiger partial charge >= 0.3 is 0 Å². The van der Waals surface area contributed by atoms with Crippen molar-refractivity contribution in [2.45, 2.75) is 31.7 Å². The van der Waals surface area contributed by atoms with Gasteiger partial charge in [-0.15, -0.1) is 11.3 Å². The first-order valence-corrected chi connectivity index (χ1v) is 6.91. The minimum atomic E-state index is 0.350. The third kappa shape index (κ3) is 2.12. The van der Waals surface area contributed by atoms with Crippen molar-refractivity contribution >= 4 is 11.3 Å². The molecule has 1 atom stereocenters. The zero-order chi connectivity index (χ0) is 11.7. The summed E-state index contributed by atoms with van der Waals surface area (Å²) in [4.78, 5) is 5.94. The van der Waals surface area contributed by atoms with Crippen molar-refractivity contribution in [2.75, 3.05) is 6.54 Å². The van der Waals surface area contributed by atoms with Crippen LogP contribution in [0.15, 0.2) is 17.5 Å². The van der Waals surface area contributed by atoms with Gasteiger partial charge in [-0.2, -0.15) is 5.10 Å². The van der Waals surface area contributed by atoms with Crippen molar-refractivity contribution in [1.82, 2.24) is 14.8 Å². The molecule has 1 unspecified atom stereocenters. The summed E-state index contributed by atoms with van der Waals surface area (Å²) >= 11 is 1.76. The fourth-order valence-corrected chi connectivity index (χ4v) is 3.05. The fraction of sp³-hybridized carbons (Fsp3) is 0.500. The average Bonchev–Trinajstić information content (AvgIpc) is 2.97. The van der Waals surface area contributed by atoms with Crippen molar-refractivity contribution in [2.24, 2.45) is 5.73 Å². The maximum absolute atomic E-state index is 5.78. The average molecular weight is 248 g/mol. The van der Waals surface area contributed by atoms with Gasteiger partial charge < -0.3 is 5.73 Å². The maximum atomic E-state index is 5.78. The van der Waals surface area contributed by atoms with Gasteiger partial charge in [0.1, 0.15) is 5.82 Å². The van der Waals surface area contributed by atoms with Gasteiger partial charge in [-0.25, -0.2) is 9.67 Å². The van der Waals surface area contributed by atoms with Crippen molar-refractivity contribution in [3.8, 4) is 0 Å². The highest BCUT2D eigenvalue weighted by Gasteiger charge is 2.21. The lowest BCUT2D eigenvalue weighted by molar-refractivity contribution is 0.368. The molecule has 0 bridgehead atoms. The molecule has 5 heteroatoms. The van der Waals surface area contributed by atoms with Gasteiger partial charge in [0, 0.05) is 24.3 Å². The molecule has 2 N–H and O–H groups in total. The Balaban J connectivity index is 1.85. The lowest BCUT2D eigenvalue weighted by Crippen LogP contribution is -2.25. The highest BCUT2D eigenvalue weighted by Crippen LogP contribution is 2.23. The fourth-order valence-electron chi connectivity index (χ4n) is 2.35. The molecular weight excluding hydrogens is 232 g/mol. The Kier molecular flexibility index (Phi) is 2.94. The molecule has 2 aromatic rings. The van der Waals surface area contributed by atoms with Crippen molar-refractivity contribution < 1.29 is 0 Å². The Bertz CT molecular complexity index is 489. The SMILES string of the molecule is NCC1CCCc2nc(Cc3cccs3)nn21. The lowest BCUT2D eigenvalue weighted by Gasteiger charge is -2.21. The minimum Gasteiger partial charge on any atom is -0.328 e. The van der Waals surface area contributed by atoms with Crippen LogP contribution < -0.4 is 5.73 Å². The number of hydrogen-bond acceptors (Lipinski definition) is 4. The van der Waals surface area contributed by atoms with E-state index in [0.29, 0.717) is 12.6 Å². The first-order chi connectivity index (χ1) is 8.36. The van der Waals surface area contributed by atoms with Crippen LogP contribution in [-0.4, -0.2) is 21.3 Å². The third-order valence-electron chi connectivity index (χ3n) is 3.21. The summed E-state index contributed by atoms with van der Waals surface area (Å²) in [7, 11) is 0. The van der Waals surface area contributed by atoms with E-state index < -0.39 is 0 Å². The summed E-state index contributed by atoms with van der Waals surface area (Å²) in [6.07, 6.45) is 4.19. The van der Waals surface area contributed by atoms with Gasteiger partial charge in [0.25, 0.3) is 0 Å². The van der Waals surface area contributed by atoms with E-state index in [2.05, 4.69) is 27.6 Å². The summed E-state index contributed by atoms with van der Waals surface area (Å²) in [6.45, 7) is 0.662. The topological polar surface area (TPSA) is 56.7 Å². The molecule has 0 aliphatic carbocycles. The molecule has 1 aliphatic heterocycles. The molecule has 0 radical (unpaired) electrons. The van der Waals surface area contributed by atoms with E-state index in [1.165, 1.54) is 11.3 Å². The number of nitrogens with zero attached hydrogens (tertiary/aromatic N) is 3. The number of aryl methyl sites for hydroxylation is 1. The van der Waals surface area contributed by atoms with E-state index in [4.69, 9.17) is 5.73 Å². The third-order valence-corrected chi connectivity index (χ3v) is 4.09. The lowest BCUT2D eigenvalue weighted by atomic mass is 10.1. The first kappa shape index (κ1) is 10.9.